The lowest BCUT2D eigenvalue weighted by atomic mass is 10.3. The summed E-state index contributed by atoms with van der Waals surface area (Å²) in [7, 11) is -0.966. The summed E-state index contributed by atoms with van der Waals surface area (Å²) in [6.45, 7) is 3.51. The van der Waals surface area contributed by atoms with E-state index >= 15 is 0 Å². The molecule has 0 aromatic heterocycles. The van der Waals surface area contributed by atoms with E-state index in [1.807, 2.05) is 0 Å². The van der Waals surface area contributed by atoms with Crippen molar-refractivity contribution in [3.05, 3.63) is 29.1 Å². The zero-order chi connectivity index (χ0) is 12.5. The summed E-state index contributed by atoms with van der Waals surface area (Å²) in [6, 6.07) is 0. The van der Waals surface area contributed by atoms with E-state index in [1.165, 1.54) is 0 Å². The van der Waals surface area contributed by atoms with Gasteiger partial charge in [-0.25, -0.2) is 13.2 Å². The minimum Gasteiger partial charge on any atom is -0.200 e. The molecule has 0 saturated carbocycles. The van der Waals surface area contributed by atoms with Gasteiger partial charge in [0.25, 0.3) is 0 Å². The van der Waals surface area contributed by atoms with Crippen LogP contribution in [0.5, 0.6) is 0 Å². The van der Waals surface area contributed by atoms with Gasteiger partial charge in [-0.1, -0.05) is 6.92 Å². The van der Waals surface area contributed by atoms with Gasteiger partial charge in [0.2, 0.25) is 29.1 Å². The van der Waals surface area contributed by atoms with Gasteiger partial charge in [0.05, 0.1) is 5.66 Å². The molecule has 0 aliphatic rings. The Hall–Kier alpha value is -0.700. The summed E-state index contributed by atoms with van der Waals surface area (Å²) in [6.07, 6.45) is 0.634. The molecule has 2 atom stereocenters. The molecule has 0 amide bonds. The molecule has 0 N–H and O–H groups in total. The number of benzene rings is 1. The second kappa shape index (κ2) is 5.09. The molecule has 0 radical (unpaired) electrons. The van der Waals surface area contributed by atoms with Crippen LogP contribution in [0.4, 0.5) is 22.0 Å². The van der Waals surface area contributed by atoms with Gasteiger partial charge in [0, 0.05) is 8.58 Å². The molecule has 1 aromatic rings. The van der Waals surface area contributed by atoms with Crippen LogP contribution < -0.4 is 5.30 Å². The molecule has 1 aromatic carbocycles. The highest BCUT2D eigenvalue weighted by Crippen LogP contribution is 2.27. The zero-order valence-electron chi connectivity index (χ0n) is 8.75. The van der Waals surface area contributed by atoms with Crippen molar-refractivity contribution in [1.29, 1.82) is 0 Å². The molecule has 0 aliphatic carbocycles. The lowest BCUT2D eigenvalue weighted by molar-refractivity contribution is 0.384. The summed E-state index contributed by atoms with van der Waals surface area (Å²) in [5, 5.41) is -0.647. The van der Waals surface area contributed by atoms with Crippen LogP contribution in [0.25, 0.3) is 0 Å². The fraction of sp³-hybridized carbons (Fsp3) is 0.400. The number of rotatable bonds is 3. The van der Waals surface area contributed by atoms with Crippen LogP contribution in [0.1, 0.15) is 20.3 Å². The summed E-state index contributed by atoms with van der Waals surface area (Å²) in [5.41, 5.74) is -0.0618. The van der Waals surface area contributed by atoms with Gasteiger partial charge in [-0.15, -0.1) is 0 Å². The topological polar surface area (TPSA) is 0 Å². The van der Waals surface area contributed by atoms with E-state index in [2.05, 4.69) is 0 Å². The standard InChI is InChI=1S/C10H10F5P/c1-3-4(2)16-10-8(14)6(12)5(11)7(13)9(10)15/h4,16H,3H2,1-2H3/p+1. The maximum atomic E-state index is 13.2. The normalized spacial score (nSPS) is 13.7. The first-order chi connectivity index (χ1) is 7.40. The van der Waals surface area contributed by atoms with Crippen molar-refractivity contribution in [1.82, 2.24) is 0 Å². The zero-order valence-corrected chi connectivity index (χ0v) is 9.91. The molecule has 0 aliphatic heterocycles. The van der Waals surface area contributed by atoms with E-state index in [-0.39, 0.29) is 5.66 Å². The summed E-state index contributed by atoms with van der Waals surface area (Å²) >= 11 is 0. The predicted octanol–water partition coefficient (Wildman–Crippen LogP) is 3.22. The molecule has 0 bridgehead atoms. The largest absolute Gasteiger partial charge is 0.206 e. The molecule has 90 valence electrons. The van der Waals surface area contributed by atoms with Crippen LogP contribution in [-0.4, -0.2) is 5.66 Å². The summed E-state index contributed by atoms with van der Waals surface area (Å²) < 4.78 is 64.7. The average Bonchev–Trinajstić information content (AvgIpc) is 2.29. The van der Waals surface area contributed by atoms with Gasteiger partial charge in [0.15, 0.2) is 5.30 Å². The van der Waals surface area contributed by atoms with Crippen LogP contribution in [-0.2, 0) is 0 Å². The van der Waals surface area contributed by atoms with E-state index in [4.69, 9.17) is 0 Å². The van der Waals surface area contributed by atoms with Crippen LogP contribution in [0.15, 0.2) is 0 Å². The van der Waals surface area contributed by atoms with Gasteiger partial charge < -0.3 is 0 Å². The maximum absolute atomic E-state index is 13.2. The number of hydrogen-bond donors (Lipinski definition) is 0. The molecule has 16 heavy (non-hydrogen) atoms. The van der Waals surface area contributed by atoms with Gasteiger partial charge in [-0.2, -0.15) is 8.78 Å². The van der Waals surface area contributed by atoms with Gasteiger partial charge in [-0.3, -0.25) is 0 Å². The average molecular weight is 257 g/mol. The van der Waals surface area contributed by atoms with Gasteiger partial charge >= 0.3 is 0 Å². The molecular formula is C10H11F5P+. The van der Waals surface area contributed by atoms with Crippen molar-refractivity contribution in [2.24, 2.45) is 0 Å². The Morgan fingerprint density at radius 3 is 1.62 bits per heavy atom. The first kappa shape index (κ1) is 13.4. The molecule has 0 nitrogen and oxygen atoms in total. The maximum Gasteiger partial charge on any atom is 0.206 e. The van der Waals surface area contributed by atoms with Crippen molar-refractivity contribution in [2.45, 2.75) is 25.9 Å². The quantitative estimate of drug-likeness (QED) is 0.337. The first-order valence-electron chi connectivity index (χ1n) is 4.76. The van der Waals surface area contributed by atoms with Crippen molar-refractivity contribution < 1.29 is 22.0 Å². The molecule has 6 heteroatoms. The van der Waals surface area contributed by atoms with Crippen LogP contribution >= 0.6 is 8.58 Å². The lowest BCUT2D eigenvalue weighted by Gasteiger charge is -2.06. The fourth-order valence-corrected chi connectivity index (χ4v) is 2.52. The Balaban J connectivity index is 3.28. The van der Waals surface area contributed by atoms with Crippen LogP contribution in [0.2, 0.25) is 0 Å². The van der Waals surface area contributed by atoms with E-state index in [9.17, 15) is 22.0 Å². The third kappa shape index (κ3) is 2.34. The van der Waals surface area contributed by atoms with Crippen molar-refractivity contribution in [3.63, 3.8) is 0 Å². The predicted molar refractivity (Wildman–Crippen MR) is 55.3 cm³/mol. The highest BCUT2D eigenvalue weighted by Gasteiger charge is 2.30. The fourth-order valence-electron chi connectivity index (χ4n) is 1.17. The Bertz CT molecular complexity index is 376. The number of hydrogen-bond acceptors (Lipinski definition) is 0. The van der Waals surface area contributed by atoms with E-state index in [0.717, 1.165) is 0 Å². The highest BCUT2D eigenvalue weighted by molar-refractivity contribution is 7.48. The molecule has 1 rings (SSSR count). The van der Waals surface area contributed by atoms with Crippen LogP contribution in [0.3, 0.4) is 0 Å². The second-order valence-corrected chi connectivity index (χ2v) is 5.58. The monoisotopic (exact) mass is 257 g/mol. The van der Waals surface area contributed by atoms with Gasteiger partial charge in [0.1, 0.15) is 0 Å². The molecule has 2 unspecified atom stereocenters. The summed E-state index contributed by atoms with van der Waals surface area (Å²) in [4.78, 5) is 0. The van der Waals surface area contributed by atoms with E-state index in [0.29, 0.717) is 6.42 Å². The lowest BCUT2D eigenvalue weighted by Crippen LogP contribution is -2.18. The minimum atomic E-state index is -2.10. The highest BCUT2D eigenvalue weighted by atomic mass is 31.1. The Labute approximate surface area is 91.6 Å². The molecule has 0 saturated heterocycles. The van der Waals surface area contributed by atoms with Crippen molar-refractivity contribution in [3.8, 4) is 0 Å². The second-order valence-electron chi connectivity index (χ2n) is 3.54. The van der Waals surface area contributed by atoms with Crippen molar-refractivity contribution in [2.75, 3.05) is 0 Å². The van der Waals surface area contributed by atoms with Crippen molar-refractivity contribution >= 4 is 13.9 Å². The third-order valence-electron chi connectivity index (χ3n) is 2.34. The Kier molecular flexibility index (Phi) is 4.25. The Morgan fingerprint density at radius 1 is 0.875 bits per heavy atom. The van der Waals surface area contributed by atoms with E-state index in [1.54, 1.807) is 13.8 Å². The smallest absolute Gasteiger partial charge is 0.200 e. The SMILES string of the molecule is CCC(C)[PH2+]c1c(F)c(F)c(F)c(F)c1F. The summed E-state index contributed by atoms with van der Waals surface area (Å²) in [5.74, 6) is -9.19. The molecule has 0 fully saturated rings. The van der Waals surface area contributed by atoms with E-state index < -0.39 is 43.0 Å². The van der Waals surface area contributed by atoms with Crippen LogP contribution in [0, 0.1) is 29.1 Å². The number of halogens is 5. The molecule has 0 spiro atoms. The third-order valence-corrected chi connectivity index (χ3v) is 4.22. The minimum absolute atomic E-state index is 0.0618. The first-order valence-corrected chi connectivity index (χ1v) is 6.00. The van der Waals surface area contributed by atoms with Gasteiger partial charge in [-0.05, 0) is 13.3 Å². The Morgan fingerprint density at radius 2 is 1.25 bits per heavy atom. The molecular weight excluding hydrogens is 246 g/mol. The molecule has 0 heterocycles.